The predicted octanol–water partition coefficient (Wildman–Crippen LogP) is 3.04. The monoisotopic (exact) mass is 349 g/mol. The van der Waals surface area contributed by atoms with Gasteiger partial charge >= 0.3 is 0 Å². The molecule has 0 aromatic heterocycles. The fourth-order valence-electron chi connectivity index (χ4n) is 2.77. The smallest absolute Gasteiger partial charge is 0.238 e. The summed E-state index contributed by atoms with van der Waals surface area (Å²) in [5, 5.41) is 2.92. The molecule has 7 heteroatoms. The second kappa shape index (κ2) is 8.67. The van der Waals surface area contributed by atoms with E-state index in [9.17, 15) is 9.18 Å². The van der Waals surface area contributed by atoms with Gasteiger partial charge in [0.1, 0.15) is 5.82 Å². The van der Waals surface area contributed by atoms with Gasteiger partial charge in [0.15, 0.2) is 0 Å². The van der Waals surface area contributed by atoms with E-state index < -0.39 is 5.82 Å². The quantitative estimate of drug-likeness (QED) is 0.878. The fraction of sp³-hybridized carbons (Fsp3) is 0.533. The third-order valence-corrected chi connectivity index (χ3v) is 4.14. The molecule has 1 saturated heterocycles. The van der Waals surface area contributed by atoms with Crippen molar-refractivity contribution in [1.82, 2.24) is 4.90 Å². The third kappa shape index (κ3) is 5.09. The van der Waals surface area contributed by atoms with Crippen molar-refractivity contribution in [3.63, 3.8) is 0 Å². The maximum atomic E-state index is 13.0. The Morgan fingerprint density at radius 2 is 2.27 bits per heavy atom. The Kier molecular flexibility index (Phi) is 7.56. The number of nitrogens with one attached hydrogen (secondary N) is 1. The summed E-state index contributed by atoms with van der Waals surface area (Å²) in [6, 6.07) is 4.19. The van der Waals surface area contributed by atoms with Crippen LogP contribution in [0.1, 0.15) is 26.2 Å². The van der Waals surface area contributed by atoms with E-state index in [1.54, 1.807) is 0 Å². The summed E-state index contributed by atoms with van der Waals surface area (Å²) in [5.74, 6) is -0.581. The lowest BCUT2D eigenvalue weighted by Gasteiger charge is -2.37. The Morgan fingerprint density at radius 3 is 2.91 bits per heavy atom. The Bertz CT molecular complexity index is 514. The molecule has 2 atom stereocenters. The summed E-state index contributed by atoms with van der Waals surface area (Å²) < 4.78 is 13.0. The van der Waals surface area contributed by atoms with Gasteiger partial charge in [0.05, 0.1) is 17.3 Å². The van der Waals surface area contributed by atoms with Crippen molar-refractivity contribution in [3.8, 4) is 0 Å². The van der Waals surface area contributed by atoms with Crippen LogP contribution in [0.3, 0.4) is 0 Å². The van der Waals surface area contributed by atoms with E-state index in [4.69, 9.17) is 17.3 Å². The molecule has 1 fully saturated rings. The van der Waals surface area contributed by atoms with Gasteiger partial charge in [0, 0.05) is 12.1 Å². The van der Waals surface area contributed by atoms with Crippen molar-refractivity contribution >= 4 is 35.6 Å². The first-order chi connectivity index (χ1) is 9.97. The van der Waals surface area contributed by atoms with E-state index in [1.807, 2.05) is 6.92 Å². The second-order valence-electron chi connectivity index (χ2n) is 5.57. The predicted molar refractivity (Wildman–Crippen MR) is 90.1 cm³/mol. The maximum absolute atomic E-state index is 13.0. The van der Waals surface area contributed by atoms with Gasteiger partial charge in [-0.3, -0.25) is 9.69 Å². The topological polar surface area (TPSA) is 58.4 Å². The van der Waals surface area contributed by atoms with Gasteiger partial charge < -0.3 is 11.1 Å². The Hall–Kier alpha value is -0.880. The van der Waals surface area contributed by atoms with Crippen molar-refractivity contribution in [3.05, 3.63) is 29.0 Å². The van der Waals surface area contributed by atoms with Crippen molar-refractivity contribution in [2.45, 2.75) is 38.3 Å². The third-order valence-electron chi connectivity index (χ3n) is 3.82. The van der Waals surface area contributed by atoms with Gasteiger partial charge in [-0.1, -0.05) is 18.0 Å². The maximum Gasteiger partial charge on any atom is 0.238 e. The summed E-state index contributed by atoms with van der Waals surface area (Å²) in [6.45, 7) is 3.12. The fourth-order valence-corrected chi connectivity index (χ4v) is 2.99. The summed E-state index contributed by atoms with van der Waals surface area (Å²) >= 11 is 5.91. The van der Waals surface area contributed by atoms with E-state index >= 15 is 0 Å². The van der Waals surface area contributed by atoms with Crippen LogP contribution in [-0.4, -0.2) is 36.0 Å². The summed E-state index contributed by atoms with van der Waals surface area (Å²) in [4.78, 5) is 14.3. The normalized spacial score (nSPS) is 20.1. The molecule has 1 aromatic carbocycles. The SMILES string of the molecule is CC(N)C1CCCCN1CC(=O)Nc1ccc(F)cc1Cl.Cl. The standard InChI is InChI=1S/C15H21ClFN3O.ClH/c1-10(18)14-4-2-3-7-20(14)9-15(21)19-13-6-5-11(17)8-12(13)16;/h5-6,8,10,14H,2-4,7,9,18H2,1H3,(H,19,21);1H. The van der Waals surface area contributed by atoms with Crippen LogP contribution < -0.4 is 11.1 Å². The highest BCUT2D eigenvalue weighted by atomic mass is 35.5. The number of hydrogen-bond donors (Lipinski definition) is 2. The Morgan fingerprint density at radius 1 is 1.55 bits per heavy atom. The number of nitrogens with zero attached hydrogens (tertiary/aromatic N) is 1. The van der Waals surface area contributed by atoms with Gasteiger partial charge in [-0.2, -0.15) is 0 Å². The van der Waals surface area contributed by atoms with E-state index in [0.29, 0.717) is 5.69 Å². The van der Waals surface area contributed by atoms with Crippen LogP contribution in [0.5, 0.6) is 0 Å². The van der Waals surface area contributed by atoms with Crippen LogP contribution in [-0.2, 0) is 4.79 Å². The van der Waals surface area contributed by atoms with Crippen molar-refractivity contribution in [2.24, 2.45) is 5.73 Å². The van der Waals surface area contributed by atoms with Gasteiger partial charge in [-0.05, 0) is 44.5 Å². The molecule has 1 aliphatic rings. The lowest BCUT2D eigenvalue weighted by atomic mass is 9.97. The van der Waals surface area contributed by atoms with E-state index in [-0.39, 0.29) is 42.0 Å². The number of nitrogens with two attached hydrogens (primary N) is 1. The van der Waals surface area contributed by atoms with E-state index in [2.05, 4.69) is 10.2 Å². The molecule has 0 bridgehead atoms. The zero-order valence-corrected chi connectivity index (χ0v) is 14.1. The average molecular weight is 350 g/mol. The number of piperidine rings is 1. The molecule has 22 heavy (non-hydrogen) atoms. The molecule has 1 aliphatic heterocycles. The number of benzene rings is 1. The Balaban J connectivity index is 0.00000242. The number of anilines is 1. The molecular weight excluding hydrogens is 328 g/mol. The minimum atomic E-state index is -0.425. The number of carbonyl (C=O) groups excluding carboxylic acids is 1. The van der Waals surface area contributed by atoms with Gasteiger partial charge in [-0.15, -0.1) is 12.4 Å². The number of rotatable bonds is 4. The number of halogens is 3. The first kappa shape index (κ1) is 19.2. The molecule has 124 valence electrons. The van der Waals surface area contributed by atoms with Crippen LogP contribution in [0.25, 0.3) is 0 Å². The molecule has 0 aliphatic carbocycles. The molecule has 1 amide bonds. The molecule has 1 aromatic rings. The zero-order chi connectivity index (χ0) is 15.4. The van der Waals surface area contributed by atoms with Crippen LogP contribution in [0.2, 0.25) is 5.02 Å². The molecule has 4 nitrogen and oxygen atoms in total. The highest BCUT2D eigenvalue weighted by molar-refractivity contribution is 6.33. The molecule has 0 spiro atoms. The lowest BCUT2D eigenvalue weighted by Crippen LogP contribution is -2.51. The summed E-state index contributed by atoms with van der Waals surface area (Å²) in [6.07, 6.45) is 3.24. The molecule has 2 unspecified atom stereocenters. The Labute approximate surface area is 141 Å². The number of amides is 1. The summed E-state index contributed by atoms with van der Waals surface area (Å²) in [7, 11) is 0. The highest BCUT2D eigenvalue weighted by Crippen LogP contribution is 2.23. The van der Waals surface area contributed by atoms with Crippen molar-refractivity contribution in [2.75, 3.05) is 18.4 Å². The second-order valence-corrected chi connectivity index (χ2v) is 5.97. The minimum absolute atomic E-state index is 0. The average Bonchev–Trinajstić information content (AvgIpc) is 2.42. The van der Waals surface area contributed by atoms with E-state index in [0.717, 1.165) is 25.8 Å². The minimum Gasteiger partial charge on any atom is -0.327 e. The number of carbonyl (C=O) groups is 1. The number of hydrogen-bond acceptors (Lipinski definition) is 3. The van der Waals surface area contributed by atoms with Crippen molar-refractivity contribution < 1.29 is 9.18 Å². The molecule has 0 saturated carbocycles. The molecule has 0 radical (unpaired) electrons. The van der Waals surface area contributed by atoms with Crippen LogP contribution in [0, 0.1) is 5.82 Å². The van der Waals surface area contributed by atoms with Crippen LogP contribution in [0.4, 0.5) is 10.1 Å². The highest BCUT2D eigenvalue weighted by Gasteiger charge is 2.26. The van der Waals surface area contributed by atoms with Crippen molar-refractivity contribution in [1.29, 1.82) is 0 Å². The summed E-state index contributed by atoms with van der Waals surface area (Å²) in [5.41, 5.74) is 6.42. The van der Waals surface area contributed by atoms with Gasteiger partial charge in [-0.25, -0.2) is 4.39 Å². The van der Waals surface area contributed by atoms with E-state index in [1.165, 1.54) is 18.2 Å². The van der Waals surface area contributed by atoms with Crippen LogP contribution >= 0.6 is 24.0 Å². The largest absolute Gasteiger partial charge is 0.327 e. The first-order valence-electron chi connectivity index (χ1n) is 7.22. The molecular formula is C15H22Cl2FN3O. The van der Waals surface area contributed by atoms with Gasteiger partial charge in [0.25, 0.3) is 0 Å². The van der Waals surface area contributed by atoms with Gasteiger partial charge in [0.2, 0.25) is 5.91 Å². The molecule has 3 N–H and O–H groups in total. The zero-order valence-electron chi connectivity index (χ0n) is 12.5. The number of likely N-dealkylation sites (tertiary alicyclic amines) is 1. The van der Waals surface area contributed by atoms with Crippen LogP contribution in [0.15, 0.2) is 18.2 Å². The molecule has 1 heterocycles. The molecule has 2 rings (SSSR count). The lowest BCUT2D eigenvalue weighted by molar-refractivity contribution is -0.118. The first-order valence-corrected chi connectivity index (χ1v) is 7.59.